The van der Waals surface area contributed by atoms with E-state index in [1.165, 1.54) is 5.01 Å². The number of rotatable bonds is 3. The highest BCUT2D eigenvalue weighted by Gasteiger charge is 2.30. The SMILES string of the molecule is CN1N=C(C(=O)NCC2(O)CCCCC2)CCC1=O. The van der Waals surface area contributed by atoms with E-state index in [0.29, 0.717) is 18.6 Å². The van der Waals surface area contributed by atoms with Crippen molar-refractivity contribution in [1.82, 2.24) is 10.3 Å². The first-order valence-corrected chi connectivity index (χ1v) is 6.85. The van der Waals surface area contributed by atoms with Gasteiger partial charge in [0.1, 0.15) is 5.71 Å². The van der Waals surface area contributed by atoms with Gasteiger partial charge in [-0.1, -0.05) is 19.3 Å². The fourth-order valence-electron chi connectivity index (χ4n) is 2.57. The smallest absolute Gasteiger partial charge is 0.267 e. The lowest BCUT2D eigenvalue weighted by Crippen LogP contribution is -2.47. The van der Waals surface area contributed by atoms with Gasteiger partial charge in [0, 0.05) is 26.4 Å². The predicted octanol–water partition coefficient (Wildman–Crippen LogP) is 0.406. The number of carbonyl (C=O) groups is 2. The summed E-state index contributed by atoms with van der Waals surface area (Å²) in [5.41, 5.74) is -0.410. The summed E-state index contributed by atoms with van der Waals surface area (Å²) in [6.07, 6.45) is 5.31. The van der Waals surface area contributed by atoms with Gasteiger partial charge < -0.3 is 10.4 Å². The van der Waals surface area contributed by atoms with Crippen molar-refractivity contribution in [2.75, 3.05) is 13.6 Å². The molecule has 0 aromatic carbocycles. The van der Waals surface area contributed by atoms with E-state index in [0.717, 1.165) is 32.1 Å². The third-order valence-electron chi connectivity index (χ3n) is 3.83. The van der Waals surface area contributed by atoms with Crippen LogP contribution in [0, 0.1) is 0 Å². The van der Waals surface area contributed by atoms with Gasteiger partial charge in [-0.2, -0.15) is 5.10 Å². The molecule has 0 atom stereocenters. The van der Waals surface area contributed by atoms with E-state index < -0.39 is 5.60 Å². The maximum absolute atomic E-state index is 11.9. The fourth-order valence-corrected chi connectivity index (χ4v) is 2.57. The van der Waals surface area contributed by atoms with Gasteiger partial charge in [-0.3, -0.25) is 9.59 Å². The molecule has 2 rings (SSSR count). The molecule has 106 valence electrons. The predicted molar refractivity (Wildman–Crippen MR) is 70.5 cm³/mol. The number of carbonyl (C=O) groups excluding carboxylic acids is 2. The zero-order valence-corrected chi connectivity index (χ0v) is 11.3. The van der Waals surface area contributed by atoms with Crippen LogP contribution < -0.4 is 5.32 Å². The van der Waals surface area contributed by atoms with Crippen LogP contribution >= 0.6 is 0 Å². The molecule has 2 aliphatic rings. The molecule has 0 bridgehead atoms. The minimum Gasteiger partial charge on any atom is -0.388 e. The van der Waals surface area contributed by atoms with Crippen LogP contribution in [0.5, 0.6) is 0 Å². The Hall–Kier alpha value is -1.43. The molecule has 1 aliphatic carbocycles. The summed E-state index contributed by atoms with van der Waals surface area (Å²) in [7, 11) is 1.55. The average Bonchev–Trinajstić information content (AvgIpc) is 2.40. The summed E-state index contributed by atoms with van der Waals surface area (Å²) in [6, 6.07) is 0. The monoisotopic (exact) mass is 267 g/mol. The van der Waals surface area contributed by atoms with Crippen LogP contribution in [0.25, 0.3) is 0 Å². The number of nitrogens with zero attached hydrogens (tertiary/aromatic N) is 2. The maximum atomic E-state index is 11.9. The van der Waals surface area contributed by atoms with Crippen LogP contribution in [0.2, 0.25) is 0 Å². The van der Waals surface area contributed by atoms with Gasteiger partial charge in [-0.15, -0.1) is 0 Å². The van der Waals surface area contributed by atoms with Crippen LogP contribution in [0.15, 0.2) is 5.10 Å². The van der Waals surface area contributed by atoms with Crippen LogP contribution in [0.3, 0.4) is 0 Å². The van der Waals surface area contributed by atoms with Crippen molar-refractivity contribution < 1.29 is 14.7 Å². The van der Waals surface area contributed by atoms with Gasteiger partial charge in [0.25, 0.3) is 5.91 Å². The third-order valence-corrected chi connectivity index (χ3v) is 3.83. The number of hydrogen-bond donors (Lipinski definition) is 2. The van der Waals surface area contributed by atoms with Gasteiger partial charge in [-0.05, 0) is 12.8 Å². The molecule has 1 aliphatic heterocycles. The quantitative estimate of drug-likeness (QED) is 0.777. The Morgan fingerprint density at radius 3 is 2.68 bits per heavy atom. The number of amides is 2. The van der Waals surface area contributed by atoms with Gasteiger partial charge in [-0.25, -0.2) is 5.01 Å². The van der Waals surface area contributed by atoms with E-state index in [1.807, 2.05) is 0 Å². The van der Waals surface area contributed by atoms with Crippen molar-refractivity contribution in [3.8, 4) is 0 Å². The fraction of sp³-hybridized carbons (Fsp3) is 0.769. The van der Waals surface area contributed by atoms with Gasteiger partial charge in [0.2, 0.25) is 5.91 Å². The molecule has 1 heterocycles. The Kier molecular flexibility index (Phi) is 4.19. The number of nitrogens with one attached hydrogen (secondary N) is 1. The molecule has 19 heavy (non-hydrogen) atoms. The van der Waals surface area contributed by atoms with Gasteiger partial charge >= 0.3 is 0 Å². The van der Waals surface area contributed by atoms with E-state index in [9.17, 15) is 14.7 Å². The first-order chi connectivity index (χ1) is 9.00. The van der Waals surface area contributed by atoms with Crippen molar-refractivity contribution in [3.63, 3.8) is 0 Å². The maximum Gasteiger partial charge on any atom is 0.267 e. The van der Waals surface area contributed by atoms with E-state index in [1.54, 1.807) is 7.05 Å². The normalized spacial score (nSPS) is 22.9. The Morgan fingerprint density at radius 1 is 1.37 bits per heavy atom. The number of hydrazone groups is 1. The number of aliphatic hydroxyl groups is 1. The summed E-state index contributed by atoms with van der Waals surface area (Å²) >= 11 is 0. The molecule has 0 radical (unpaired) electrons. The molecular formula is C13H21N3O3. The zero-order chi connectivity index (χ0) is 13.9. The van der Waals surface area contributed by atoms with E-state index in [-0.39, 0.29) is 18.4 Å². The molecule has 0 aromatic heterocycles. The lowest BCUT2D eigenvalue weighted by molar-refractivity contribution is -0.130. The van der Waals surface area contributed by atoms with Gasteiger partial charge in [0.15, 0.2) is 0 Å². The van der Waals surface area contributed by atoms with Crippen molar-refractivity contribution in [3.05, 3.63) is 0 Å². The van der Waals surface area contributed by atoms with Crippen molar-refractivity contribution >= 4 is 17.5 Å². The molecule has 0 aromatic rings. The van der Waals surface area contributed by atoms with Crippen molar-refractivity contribution in [1.29, 1.82) is 0 Å². The summed E-state index contributed by atoms with van der Waals surface area (Å²) in [6.45, 7) is 0.266. The third kappa shape index (κ3) is 3.53. The molecule has 2 N–H and O–H groups in total. The highest BCUT2D eigenvalue weighted by Crippen LogP contribution is 2.27. The highest BCUT2D eigenvalue weighted by atomic mass is 16.3. The largest absolute Gasteiger partial charge is 0.388 e. The number of hydrogen-bond acceptors (Lipinski definition) is 4. The van der Waals surface area contributed by atoms with E-state index in [2.05, 4.69) is 10.4 Å². The molecule has 0 spiro atoms. The Bertz CT molecular complexity index is 400. The van der Waals surface area contributed by atoms with Crippen LogP contribution in [0.4, 0.5) is 0 Å². The Morgan fingerprint density at radius 2 is 2.05 bits per heavy atom. The second-order valence-corrected chi connectivity index (χ2v) is 5.43. The molecule has 6 heteroatoms. The molecule has 2 amide bonds. The molecule has 6 nitrogen and oxygen atoms in total. The molecule has 0 unspecified atom stereocenters. The topological polar surface area (TPSA) is 82.0 Å². The standard InChI is InChI=1S/C13H21N3O3/c1-16-11(17)6-5-10(15-16)12(18)14-9-13(19)7-3-2-4-8-13/h19H,2-9H2,1H3,(H,14,18). The van der Waals surface area contributed by atoms with Crippen molar-refractivity contribution in [2.24, 2.45) is 5.10 Å². The first kappa shape index (κ1) is 14.0. The summed E-state index contributed by atoms with van der Waals surface area (Å²) < 4.78 is 0. The lowest BCUT2D eigenvalue weighted by Gasteiger charge is -2.32. The van der Waals surface area contributed by atoms with E-state index >= 15 is 0 Å². The minimum atomic E-state index is -0.773. The lowest BCUT2D eigenvalue weighted by atomic mass is 9.85. The minimum absolute atomic E-state index is 0.0811. The Balaban J connectivity index is 1.87. The van der Waals surface area contributed by atoms with Crippen LogP contribution in [0.1, 0.15) is 44.9 Å². The second-order valence-electron chi connectivity index (χ2n) is 5.43. The summed E-state index contributed by atoms with van der Waals surface area (Å²) in [4.78, 5) is 23.2. The van der Waals surface area contributed by atoms with Crippen LogP contribution in [-0.2, 0) is 9.59 Å². The molecule has 1 saturated carbocycles. The summed E-state index contributed by atoms with van der Waals surface area (Å²) in [5, 5.41) is 18.2. The zero-order valence-electron chi connectivity index (χ0n) is 11.3. The van der Waals surface area contributed by atoms with Gasteiger partial charge in [0.05, 0.1) is 5.60 Å². The second kappa shape index (κ2) is 5.69. The summed E-state index contributed by atoms with van der Waals surface area (Å²) in [5.74, 6) is -0.360. The first-order valence-electron chi connectivity index (χ1n) is 6.85. The molecule has 1 fully saturated rings. The van der Waals surface area contributed by atoms with E-state index in [4.69, 9.17) is 0 Å². The van der Waals surface area contributed by atoms with Crippen molar-refractivity contribution in [2.45, 2.75) is 50.5 Å². The Labute approximate surface area is 112 Å². The molecular weight excluding hydrogens is 246 g/mol. The molecule has 0 saturated heterocycles. The average molecular weight is 267 g/mol. The van der Waals surface area contributed by atoms with Crippen LogP contribution in [-0.4, -0.2) is 46.8 Å². The highest BCUT2D eigenvalue weighted by molar-refractivity contribution is 6.39.